The van der Waals surface area contributed by atoms with Crippen LogP contribution in [-0.4, -0.2) is 4.99 Å². The molecule has 0 atom stereocenters. The van der Waals surface area contributed by atoms with E-state index in [2.05, 4.69) is 0 Å². The van der Waals surface area contributed by atoms with Crippen molar-refractivity contribution in [2.24, 2.45) is 5.73 Å². The fourth-order valence-corrected chi connectivity index (χ4v) is 2.65. The average molecular weight is 289 g/mol. The summed E-state index contributed by atoms with van der Waals surface area (Å²) >= 11 is 6.65. The molecule has 0 radical (unpaired) electrons. The number of thiocarbonyl (C=S) groups is 1. The van der Waals surface area contributed by atoms with Crippen LogP contribution in [0.15, 0.2) is 45.5 Å². The summed E-state index contributed by atoms with van der Waals surface area (Å²) in [6.45, 7) is 0.475. The molecule has 0 spiro atoms. The Morgan fingerprint density at radius 2 is 2.16 bits per heavy atom. The Morgan fingerprint density at radius 3 is 2.89 bits per heavy atom. The summed E-state index contributed by atoms with van der Waals surface area (Å²) in [4.78, 5) is 0.205. The van der Waals surface area contributed by atoms with E-state index in [4.69, 9.17) is 27.1 Å². The summed E-state index contributed by atoms with van der Waals surface area (Å²) in [6.07, 6.45) is 0. The van der Waals surface area contributed by atoms with E-state index in [0.29, 0.717) is 18.1 Å². The summed E-state index contributed by atoms with van der Waals surface area (Å²) in [5, 5.41) is 4.95. The van der Waals surface area contributed by atoms with E-state index in [0.717, 1.165) is 16.5 Å². The second kappa shape index (κ2) is 5.03. The minimum atomic E-state index is 0.205. The lowest BCUT2D eigenvalue weighted by Gasteiger charge is -2.04. The van der Waals surface area contributed by atoms with Crippen LogP contribution in [0, 0.1) is 0 Å². The van der Waals surface area contributed by atoms with E-state index in [1.165, 1.54) is 0 Å². The van der Waals surface area contributed by atoms with Gasteiger partial charge in [-0.3, -0.25) is 0 Å². The number of rotatable bonds is 4. The first-order chi connectivity index (χ1) is 9.25. The first-order valence-electron chi connectivity index (χ1n) is 5.71. The first-order valence-corrected chi connectivity index (χ1v) is 7.06. The van der Waals surface area contributed by atoms with E-state index in [9.17, 15) is 0 Å². The maximum absolute atomic E-state index is 5.84. The van der Waals surface area contributed by atoms with Gasteiger partial charge >= 0.3 is 0 Å². The predicted octanol–water partition coefficient (Wildman–Crippen LogP) is 3.71. The highest BCUT2D eigenvalue weighted by molar-refractivity contribution is 7.80. The Morgan fingerprint density at radius 1 is 1.32 bits per heavy atom. The summed E-state index contributed by atoms with van der Waals surface area (Å²) in [6, 6.07) is 9.65. The van der Waals surface area contributed by atoms with Crippen molar-refractivity contribution in [3.8, 4) is 5.75 Å². The van der Waals surface area contributed by atoms with E-state index in [1.807, 2.05) is 41.1 Å². The Bertz CT molecular complexity index is 716. The fraction of sp³-hybridized carbons (Fsp3) is 0.0714. The van der Waals surface area contributed by atoms with Gasteiger partial charge in [-0.05, 0) is 34.5 Å². The Balaban J connectivity index is 2.00. The molecule has 0 bridgehead atoms. The normalized spacial score (nSPS) is 10.7. The van der Waals surface area contributed by atoms with Crippen molar-refractivity contribution in [1.82, 2.24) is 0 Å². The maximum atomic E-state index is 5.84. The zero-order valence-electron chi connectivity index (χ0n) is 9.96. The molecule has 0 amide bonds. The van der Waals surface area contributed by atoms with Crippen LogP contribution >= 0.6 is 23.6 Å². The first kappa shape index (κ1) is 12.2. The van der Waals surface area contributed by atoms with Gasteiger partial charge < -0.3 is 14.9 Å². The molecule has 3 aromatic rings. The third-order valence-electron chi connectivity index (χ3n) is 2.74. The maximum Gasteiger partial charge on any atom is 0.204 e. The van der Waals surface area contributed by atoms with E-state index < -0.39 is 0 Å². The molecular weight excluding hydrogens is 278 g/mol. The van der Waals surface area contributed by atoms with Gasteiger partial charge in [-0.1, -0.05) is 24.4 Å². The van der Waals surface area contributed by atoms with Crippen molar-refractivity contribution in [3.63, 3.8) is 0 Å². The molecule has 0 fully saturated rings. The van der Waals surface area contributed by atoms with Gasteiger partial charge in [-0.2, -0.15) is 11.3 Å². The Kier molecular flexibility index (Phi) is 3.23. The van der Waals surface area contributed by atoms with Gasteiger partial charge in [0.25, 0.3) is 0 Å². The van der Waals surface area contributed by atoms with Crippen LogP contribution in [0.3, 0.4) is 0 Å². The number of fused-ring (bicyclic) bond motifs is 1. The highest BCUT2D eigenvalue weighted by Crippen LogP contribution is 2.33. The van der Waals surface area contributed by atoms with Gasteiger partial charge in [0.15, 0.2) is 5.75 Å². The molecule has 0 saturated carbocycles. The van der Waals surface area contributed by atoms with E-state index in [1.54, 1.807) is 11.3 Å². The van der Waals surface area contributed by atoms with Gasteiger partial charge in [0.2, 0.25) is 5.76 Å². The number of para-hydroxylation sites is 1. The number of hydrogen-bond donors (Lipinski definition) is 1. The minimum absolute atomic E-state index is 0.205. The SMILES string of the molecule is NC(=S)c1oc2ccccc2c1OCc1ccsc1. The molecule has 0 saturated heterocycles. The lowest BCUT2D eigenvalue weighted by Crippen LogP contribution is -2.10. The van der Waals surface area contributed by atoms with Gasteiger partial charge in [-0.15, -0.1) is 0 Å². The summed E-state index contributed by atoms with van der Waals surface area (Å²) in [5.41, 5.74) is 7.53. The van der Waals surface area contributed by atoms with Crippen molar-refractivity contribution < 1.29 is 9.15 Å². The lowest BCUT2D eigenvalue weighted by molar-refractivity contribution is 0.305. The van der Waals surface area contributed by atoms with Crippen molar-refractivity contribution in [1.29, 1.82) is 0 Å². The van der Waals surface area contributed by atoms with Crippen molar-refractivity contribution >= 4 is 39.5 Å². The fourth-order valence-electron chi connectivity index (χ4n) is 1.86. The number of hydrogen-bond acceptors (Lipinski definition) is 4. The molecule has 0 unspecified atom stereocenters. The van der Waals surface area contributed by atoms with Gasteiger partial charge in [0, 0.05) is 0 Å². The van der Waals surface area contributed by atoms with E-state index >= 15 is 0 Å². The number of benzene rings is 1. The second-order valence-electron chi connectivity index (χ2n) is 4.04. The average Bonchev–Trinajstić information content (AvgIpc) is 3.03. The molecule has 5 heteroatoms. The number of thiophene rings is 1. The third kappa shape index (κ3) is 2.34. The van der Waals surface area contributed by atoms with Crippen LogP contribution < -0.4 is 10.5 Å². The molecule has 96 valence electrons. The van der Waals surface area contributed by atoms with E-state index in [-0.39, 0.29) is 4.99 Å². The zero-order valence-corrected chi connectivity index (χ0v) is 11.6. The highest BCUT2D eigenvalue weighted by atomic mass is 32.1. The second-order valence-corrected chi connectivity index (χ2v) is 5.26. The molecule has 0 aliphatic heterocycles. The smallest absolute Gasteiger partial charge is 0.204 e. The van der Waals surface area contributed by atoms with Crippen molar-refractivity contribution in [2.75, 3.05) is 0 Å². The highest BCUT2D eigenvalue weighted by Gasteiger charge is 2.17. The molecule has 3 rings (SSSR count). The molecule has 0 aliphatic rings. The molecule has 1 aromatic carbocycles. The summed E-state index contributed by atoms with van der Waals surface area (Å²) < 4.78 is 11.5. The van der Waals surface area contributed by atoms with Crippen LogP contribution in [0.4, 0.5) is 0 Å². The minimum Gasteiger partial charge on any atom is -0.484 e. The van der Waals surface area contributed by atoms with Crippen LogP contribution in [-0.2, 0) is 6.61 Å². The number of ether oxygens (including phenoxy) is 1. The van der Waals surface area contributed by atoms with Crippen LogP contribution in [0.2, 0.25) is 0 Å². The predicted molar refractivity (Wildman–Crippen MR) is 80.8 cm³/mol. The number of furan rings is 1. The Labute approximate surface area is 119 Å². The summed E-state index contributed by atoms with van der Waals surface area (Å²) in [5.74, 6) is 1.06. The molecule has 3 nitrogen and oxygen atoms in total. The monoisotopic (exact) mass is 289 g/mol. The van der Waals surface area contributed by atoms with Crippen molar-refractivity contribution in [2.45, 2.75) is 6.61 Å². The zero-order chi connectivity index (χ0) is 13.2. The lowest BCUT2D eigenvalue weighted by atomic mass is 10.2. The van der Waals surface area contributed by atoms with Crippen LogP contribution in [0.5, 0.6) is 5.75 Å². The van der Waals surface area contributed by atoms with Gasteiger partial charge in [-0.25, -0.2) is 0 Å². The molecule has 0 aliphatic carbocycles. The molecular formula is C14H11NO2S2. The van der Waals surface area contributed by atoms with Crippen molar-refractivity contribution in [3.05, 3.63) is 52.4 Å². The third-order valence-corrected chi connectivity index (χ3v) is 3.65. The molecule has 2 N–H and O–H groups in total. The largest absolute Gasteiger partial charge is 0.484 e. The van der Waals surface area contributed by atoms with Crippen LogP contribution in [0.1, 0.15) is 11.3 Å². The molecule has 19 heavy (non-hydrogen) atoms. The van der Waals surface area contributed by atoms with Crippen LogP contribution in [0.25, 0.3) is 11.0 Å². The standard InChI is InChI=1S/C14H11NO2S2/c15-14(18)13-12(16-7-9-5-6-19-8-9)10-3-1-2-4-11(10)17-13/h1-6,8H,7H2,(H2,15,18). The quantitative estimate of drug-likeness (QED) is 0.744. The van der Waals surface area contributed by atoms with Gasteiger partial charge in [0.1, 0.15) is 17.2 Å². The molecule has 2 heterocycles. The summed E-state index contributed by atoms with van der Waals surface area (Å²) in [7, 11) is 0. The molecule has 2 aromatic heterocycles. The van der Waals surface area contributed by atoms with Gasteiger partial charge in [0.05, 0.1) is 5.39 Å². The topological polar surface area (TPSA) is 48.4 Å². The Hall–Kier alpha value is -1.85. The number of nitrogens with two attached hydrogens (primary N) is 1.